The zero-order valence-corrected chi connectivity index (χ0v) is 10.4. The minimum Gasteiger partial charge on any atom is -0.459 e. The van der Waals surface area contributed by atoms with Crippen LogP contribution in [0.2, 0.25) is 0 Å². The summed E-state index contributed by atoms with van der Waals surface area (Å²) in [7, 11) is 0. The van der Waals surface area contributed by atoms with Gasteiger partial charge in [0.1, 0.15) is 0 Å². The number of carbonyl (C=O) groups excluding carboxylic acids is 1. The van der Waals surface area contributed by atoms with E-state index in [0.29, 0.717) is 18.2 Å². The quantitative estimate of drug-likeness (QED) is 0.833. The van der Waals surface area contributed by atoms with Crippen LogP contribution in [0.5, 0.6) is 0 Å². The average Bonchev–Trinajstić information content (AvgIpc) is 2.68. The first-order valence-electron chi connectivity index (χ1n) is 5.18. The predicted octanol–water partition coefficient (Wildman–Crippen LogP) is 1.80. The van der Waals surface area contributed by atoms with Gasteiger partial charge in [-0.05, 0) is 24.5 Å². The lowest BCUT2D eigenvalue weighted by Crippen LogP contribution is -2.40. The lowest BCUT2D eigenvalue weighted by Gasteiger charge is -2.17. The molecule has 1 aromatic heterocycles. The van der Waals surface area contributed by atoms with E-state index in [4.69, 9.17) is 10.2 Å². The van der Waals surface area contributed by atoms with Gasteiger partial charge in [-0.3, -0.25) is 4.79 Å². The van der Waals surface area contributed by atoms with Gasteiger partial charge >= 0.3 is 0 Å². The number of carbonyl (C=O) groups is 1. The molecule has 0 saturated heterocycles. The number of amides is 1. The fourth-order valence-electron chi connectivity index (χ4n) is 1.45. The van der Waals surface area contributed by atoms with E-state index in [-0.39, 0.29) is 24.4 Å². The standard InChI is InChI=1S/C11H18N2O2.ClH/c1-8(2)6-9(7-12)13-11(14)10-4-3-5-15-10;/h3-5,8-9H,6-7,12H2,1-2H3,(H,13,14);1H. The normalized spacial score (nSPS) is 12.0. The highest BCUT2D eigenvalue weighted by Crippen LogP contribution is 2.05. The van der Waals surface area contributed by atoms with Gasteiger partial charge in [0.2, 0.25) is 0 Å². The van der Waals surface area contributed by atoms with Crippen LogP contribution in [0.25, 0.3) is 0 Å². The van der Waals surface area contributed by atoms with Crippen LogP contribution in [-0.4, -0.2) is 18.5 Å². The van der Waals surface area contributed by atoms with E-state index in [1.165, 1.54) is 6.26 Å². The van der Waals surface area contributed by atoms with Crippen molar-refractivity contribution in [2.24, 2.45) is 11.7 Å². The first kappa shape index (κ1) is 15.0. The first-order valence-corrected chi connectivity index (χ1v) is 5.18. The molecule has 1 atom stereocenters. The number of halogens is 1. The van der Waals surface area contributed by atoms with Crippen molar-refractivity contribution in [3.8, 4) is 0 Å². The second kappa shape index (κ2) is 7.30. The van der Waals surface area contributed by atoms with E-state index >= 15 is 0 Å². The third kappa shape index (κ3) is 4.68. The van der Waals surface area contributed by atoms with Gasteiger partial charge in [0.05, 0.1) is 6.26 Å². The molecule has 0 fully saturated rings. The molecule has 0 saturated carbocycles. The lowest BCUT2D eigenvalue weighted by molar-refractivity contribution is 0.0905. The maximum absolute atomic E-state index is 11.6. The van der Waals surface area contributed by atoms with Crippen molar-refractivity contribution in [1.29, 1.82) is 0 Å². The largest absolute Gasteiger partial charge is 0.459 e. The summed E-state index contributed by atoms with van der Waals surface area (Å²) < 4.78 is 4.99. The zero-order chi connectivity index (χ0) is 11.3. The minimum absolute atomic E-state index is 0. The summed E-state index contributed by atoms with van der Waals surface area (Å²) in [4.78, 5) is 11.6. The molecule has 0 radical (unpaired) electrons. The summed E-state index contributed by atoms with van der Waals surface area (Å²) in [6, 6.07) is 3.34. The highest BCUT2D eigenvalue weighted by molar-refractivity contribution is 5.91. The van der Waals surface area contributed by atoms with Crippen molar-refractivity contribution in [1.82, 2.24) is 5.32 Å². The SMILES string of the molecule is CC(C)CC(CN)NC(=O)c1ccco1.Cl. The van der Waals surface area contributed by atoms with E-state index in [0.717, 1.165) is 6.42 Å². The zero-order valence-electron chi connectivity index (χ0n) is 9.60. The van der Waals surface area contributed by atoms with Crippen LogP contribution < -0.4 is 11.1 Å². The minimum atomic E-state index is -0.198. The molecule has 1 rings (SSSR count). The summed E-state index contributed by atoms with van der Waals surface area (Å²) in [6.07, 6.45) is 2.36. The number of rotatable bonds is 5. The summed E-state index contributed by atoms with van der Waals surface area (Å²) in [5.74, 6) is 0.642. The molecule has 5 heteroatoms. The Morgan fingerprint density at radius 3 is 2.69 bits per heavy atom. The van der Waals surface area contributed by atoms with Gasteiger partial charge in [-0.15, -0.1) is 12.4 Å². The van der Waals surface area contributed by atoms with Crippen molar-refractivity contribution >= 4 is 18.3 Å². The number of nitrogens with one attached hydrogen (secondary N) is 1. The Morgan fingerprint density at radius 2 is 2.25 bits per heavy atom. The summed E-state index contributed by atoms with van der Waals surface area (Å²) >= 11 is 0. The highest BCUT2D eigenvalue weighted by Gasteiger charge is 2.15. The Bertz CT molecular complexity index is 299. The number of hydrogen-bond acceptors (Lipinski definition) is 3. The molecular weight excluding hydrogens is 228 g/mol. The second-order valence-corrected chi connectivity index (χ2v) is 4.01. The van der Waals surface area contributed by atoms with Gasteiger partial charge in [-0.2, -0.15) is 0 Å². The third-order valence-corrected chi connectivity index (χ3v) is 2.12. The molecular formula is C11H19ClN2O2. The Hall–Kier alpha value is -1.00. The van der Waals surface area contributed by atoms with E-state index in [9.17, 15) is 4.79 Å². The Labute approximate surface area is 102 Å². The van der Waals surface area contributed by atoms with Crippen molar-refractivity contribution in [3.63, 3.8) is 0 Å². The highest BCUT2D eigenvalue weighted by atomic mass is 35.5. The van der Waals surface area contributed by atoms with Gasteiger partial charge in [0, 0.05) is 12.6 Å². The number of nitrogens with two attached hydrogens (primary N) is 1. The summed E-state index contributed by atoms with van der Waals surface area (Å²) in [5, 5.41) is 2.84. The molecule has 0 aromatic carbocycles. The van der Waals surface area contributed by atoms with Crippen LogP contribution in [0, 0.1) is 5.92 Å². The molecule has 0 bridgehead atoms. The van der Waals surface area contributed by atoms with Crippen LogP contribution >= 0.6 is 12.4 Å². The van der Waals surface area contributed by atoms with Crippen molar-refractivity contribution in [2.75, 3.05) is 6.54 Å². The van der Waals surface area contributed by atoms with Crippen molar-refractivity contribution in [2.45, 2.75) is 26.3 Å². The third-order valence-electron chi connectivity index (χ3n) is 2.12. The van der Waals surface area contributed by atoms with Crippen LogP contribution in [0.4, 0.5) is 0 Å². The molecule has 1 aromatic rings. The summed E-state index contributed by atoms with van der Waals surface area (Å²) in [5.41, 5.74) is 5.58. The molecule has 1 amide bonds. The van der Waals surface area contributed by atoms with E-state index in [2.05, 4.69) is 19.2 Å². The van der Waals surface area contributed by atoms with Gasteiger partial charge in [0.15, 0.2) is 5.76 Å². The Kier molecular flexibility index (Phi) is 6.85. The van der Waals surface area contributed by atoms with Crippen LogP contribution in [-0.2, 0) is 0 Å². The fourth-order valence-corrected chi connectivity index (χ4v) is 1.45. The van der Waals surface area contributed by atoms with Crippen molar-refractivity contribution < 1.29 is 9.21 Å². The van der Waals surface area contributed by atoms with Gasteiger partial charge < -0.3 is 15.5 Å². The Morgan fingerprint density at radius 1 is 1.56 bits per heavy atom. The Balaban J connectivity index is 0.00000225. The molecule has 0 aliphatic carbocycles. The van der Waals surface area contributed by atoms with Crippen LogP contribution in [0.15, 0.2) is 22.8 Å². The maximum Gasteiger partial charge on any atom is 0.287 e. The molecule has 1 unspecified atom stereocenters. The second-order valence-electron chi connectivity index (χ2n) is 4.01. The topological polar surface area (TPSA) is 68.3 Å². The van der Waals surface area contributed by atoms with Crippen LogP contribution in [0.1, 0.15) is 30.8 Å². The van der Waals surface area contributed by atoms with Crippen LogP contribution in [0.3, 0.4) is 0 Å². The first-order chi connectivity index (χ1) is 7.13. The molecule has 3 N–H and O–H groups in total. The van der Waals surface area contributed by atoms with Crippen molar-refractivity contribution in [3.05, 3.63) is 24.2 Å². The van der Waals surface area contributed by atoms with E-state index < -0.39 is 0 Å². The van der Waals surface area contributed by atoms with Gasteiger partial charge in [0.25, 0.3) is 5.91 Å². The van der Waals surface area contributed by atoms with E-state index in [1.54, 1.807) is 12.1 Å². The molecule has 0 spiro atoms. The van der Waals surface area contributed by atoms with Gasteiger partial charge in [-0.1, -0.05) is 13.8 Å². The molecule has 1 heterocycles. The maximum atomic E-state index is 11.6. The molecule has 4 nitrogen and oxygen atoms in total. The average molecular weight is 247 g/mol. The summed E-state index contributed by atoms with van der Waals surface area (Å²) in [6.45, 7) is 4.65. The molecule has 0 aliphatic heterocycles. The fraction of sp³-hybridized carbons (Fsp3) is 0.545. The molecule has 0 aliphatic rings. The monoisotopic (exact) mass is 246 g/mol. The number of furan rings is 1. The molecule has 16 heavy (non-hydrogen) atoms. The number of hydrogen-bond donors (Lipinski definition) is 2. The molecule has 92 valence electrons. The lowest BCUT2D eigenvalue weighted by atomic mass is 10.0. The van der Waals surface area contributed by atoms with Gasteiger partial charge in [-0.25, -0.2) is 0 Å². The smallest absolute Gasteiger partial charge is 0.287 e. The predicted molar refractivity (Wildman–Crippen MR) is 65.7 cm³/mol. The van der Waals surface area contributed by atoms with E-state index in [1.807, 2.05) is 0 Å².